The summed E-state index contributed by atoms with van der Waals surface area (Å²) in [6.07, 6.45) is 0.622. The van der Waals surface area contributed by atoms with Gasteiger partial charge in [-0.25, -0.2) is 4.39 Å². The highest BCUT2D eigenvalue weighted by Crippen LogP contribution is 2.01. The molecule has 0 aromatic heterocycles. The van der Waals surface area contributed by atoms with Crippen LogP contribution in [-0.2, 0) is 6.42 Å². The van der Waals surface area contributed by atoms with E-state index in [2.05, 4.69) is 0 Å². The molecular formula is C9H13ClFN. The largest absolute Gasteiger partial charge is 0.325 e. The van der Waals surface area contributed by atoms with Crippen molar-refractivity contribution in [2.24, 2.45) is 5.73 Å². The van der Waals surface area contributed by atoms with Gasteiger partial charge in [-0.3, -0.25) is 0 Å². The van der Waals surface area contributed by atoms with E-state index >= 15 is 0 Å². The molecule has 1 atom stereocenters. The average molecular weight is 190 g/mol. The van der Waals surface area contributed by atoms with Crippen LogP contribution in [0.5, 0.6) is 0 Å². The molecule has 68 valence electrons. The van der Waals surface area contributed by atoms with Crippen LogP contribution in [0.2, 0.25) is 0 Å². The predicted octanol–water partition coefficient (Wildman–Crippen LogP) is 1.95. The zero-order chi connectivity index (χ0) is 8.10. The van der Waals surface area contributed by atoms with E-state index in [-0.39, 0.29) is 18.4 Å². The summed E-state index contributed by atoms with van der Waals surface area (Å²) < 4.78 is 11.9. The van der Waals surface area contributed by atoms with Crippen molar-refractivity contribution in [3.05, 3.63) is 35.9 Å². The summed E-state index contributed by atoms with van der Waals surface area (Å²) in [5.41, 5.74) is 6.53. The lowest BCUT2D eigenvalue weighted by Gasteiger charge is -2.05. The minimum Gasteiger partial charge on any atom is -0.325 e. The Morgan fingerprint density at radius 2 is 1.83 bits per heavy atom. The Balaban J connectivity index is 0.00000121. The molecule has 0 aliphatic heterocycles. The number of alkyl halides is 1. The minimum atomic E-state index is -0.450. The fourth-order valence-electron chi connectivity index (χ4n) is 0.971. The van der Waals surface area contributed by atoms with E-state index in [9.17, 15) is 4.39 Å². The van der Waals surface area contributed by atoms with E-state index in [1.807, 2.05) is 30.3 Å². The molecule has 1 nitrogen and oxygen atoms in total. The number of hydrogen-bond donors (Lipinski definition) is 1. The van der Waals surface area contributed by atoms with Crippen molar-refractivity contribution in [3.63, 3.8) is 0 Å². The molecule has 0 bridgehead atoms. The molecule has 12 heavy (non-hydrogen) atoms. The van der Waals surface area contributed by atoms with Crippen molar-refractivity contribution >= 4 is 12.4 Å². The van der Waals surface area contributed by atoms with Crippen LogP contribution in [0.25, 0.3) is 0 Å². The molecule has 0 fully saturated rings. The molecule has 1 aromatic rings. The Kier molecular flexibility index (Phi) is 5.68. The summed E-state index contributed by atoms with van der Waals surface area (Å²) in [4.78, 5) is 0. The minimum absolute atomic E-state index is 0. The monoisotopic (exact) mass is 189 g/mol. The molecule has 0 saturated carbocycles. The second kappa shape index (κ2) is 5.98. The fraction of sp³-hybridized carbons (Fsp3) is 0.333. The van der Waals surface area contributed by atoms with Crippen LogP contribution in [0.3, 0.4) is 0 Å². The van der Waals surface area contributed by atoms with Crippen LogP contribution in [-0.4, -0.2) is 12.7 Å². The van der Waals surface area contributed by atoms with E-state index in [0.717, 1.165) is 5.56 Å². The number of benzene rings is 1. The van der Waals surface area contributed by atoms with E-state index in [0.29, 0.717) is 6.42 Å². The lowest BCUT2D eigenvalue weighted by molar-refractivity contribution is 0.427. The molecule has 3 heteroatoms. The van der Waals surface area contributed by atoms with Crippen LogP contribution < -0.4 is 5.73 Å². The maximum absolute atomic E-state index is 11.9. The summed E-state index contributed by atoms with van der Waals surface area (Å²) in [5, 5.41) is 0. The van der Waals surface area contributed by atoms with Gasteiger partial charge in [-0.1, -0.05) is 30.3 Å². The lowest BCUT2D eigenvalue weighted by atomic mass is 10.1. The van der Waals surface area contributed by atoms with Gasteiger partial charge in [0.05, 0.1) is 0 Å². The van der Waals surface area contributed by atoms with Crippen molar-refractivity contribution in [3.8, 4) is 0 Å². The molecule has 1 rings (SSSR count). The van der Waals surface area contributed by atoms with Gasteiger partial charge in [-0.2, -0.15) is 0 Å². The quantitative estimate of drug-likeness (QED) is 0.773. The third-order valence-corrected chi connectivity index (χ3v) is 1.54. The Hall–Kier alpha value is -0.600. The van der Waals surface area contributed by atoms with Gasteiger partial charge in [0.2, 0.25) is 0 Å². The van der Waals surface area contributed by atoms with E-state index in [1.165, 1.54) is 0 Å². The highest BCUT2D eigenvalue weighted by molar-refractivity contribution is 5.85. The topological polar surface area (TPSA) is 26.0 Å². The number of nitrogens with two attached hydrogens (primary N) is 1. The van der Waals surface area contributed by atoms with Gasteiger partial charge in [0, 0.05) is 6.04 Å². The summed E-state index contributed by atoms with van der Waals surface area (Å²) in [6.45, 7) is -0.450. The molecular weight excluding hydrogens is 177 g/mol. The average Bonchev–Trinajstić information content (AvgIpc) is 2.06. The van der Waals surface area contributed by atoms with Gasteiger partial charge in [0.1, 0.15) is 6.67 Å². The smallest absolute Gasteiger partial charge is 0.105 e. The lowest BCUT2D eigenvalue weighted by Crippen LogP contribution is -2.24. The highest BCUT2D eigenvalue weighted by Gasteiger charge is 2.01. The normalized spacial score (nSPS) is 11.8. The predicted molar refractivity (Wildman–Crippen MR) is 51.3 cm³/mol. The van der Waals surface area contributed by atoms with Gasteiger partial charge >= 0.3 is 0 Å². The zero-order valence-corrected chi connectivity index (χ0v) is 7.56. The van der Waals surface area contributed by atoms with Crippen molar-refractivity contribution in [1.82, 2.24) is 0 Å². The van der Waals surface area contributed by atoms with Crippen LogP contribution >= 0.6 is 12.4 Å². The third kappa shape index (κ3) is 3.69. The van der Waals surface area contributed by atoms with Crippen molar-refractivity contribution in [1.29, 1.82) is 0 Å². The van der Waals surface area contributed by atoms with Crippen molar-refractivity contribution < 1.29 is 4.39 Å². The standard InChI is InChI=1S/C9H12FN.ClH/c10-7-9(11)6-8-4-2-1-3-5-8;/h1-5,9H,6-7,11H2;1H/t9-;/m0./s1. The Labute approximate surface area is 78.2 Å². The third-order valence-electron chi connectivity index (χ3n) is 1.54. The van der Waals surface area contributed by atoms with E-state index < -0.39 is 6.67 Å². The Bertz CT molecular complexity index is 203. The molecule has 0 radical (unpaired) electrons. The first-order valence-corrected chi connectivity index (χ1v) is 3.68. The molecule has 2 N–H and O–H groups in total. The first kappa shape index (κ1) is 11.4. The maximum atomic E-state index is 11.9. The van der Waals surface area contributed by atoms with Gasteiger partial charge in [0.15, 0.2) is 0 Å². The van der Waals surface area contributed by atoms with Crippen molar-refractivity contribution in [2.45, 2.75) is 12.5 Å². The molecule has 0 heterocycles. The van der Waals surface area contributed by atoms with Crippen molar-refractivity contribution in [2.75, 3.05) is 6.67 Å². The molecule has 1 aromatic carbocycles. The zero-order valence-electron chi connectivity index (χ0n) is 6.74. The summed E-state index contributed by atoms with van der Waals surface area (Å²) >= 11 is 0. The summed E-state index contributed by atoms with van der Waals surface area (Å²) in [7, 11) is 0. The van der Waals surface area contributed by atoms with Crippen LogP contribution in [0.4, 0.5) is 4.39 Å². The van der Waals surface area contributed by atoms with Crippen LogP contribution in [0.1, 0.15) is 5.56 Å². The first-order chi connectivity index (χ1) is 5.33. The Morgan fingerprint density at radius 1 is 1.25 bits per heavy atom. The summed E-state index contributed by atoms with van der Waals surface area (Å²) in [6, 6.07) is 9.35. The van der Waals surface area contributed by atoms with Crippen LogP contribution in [0, 0.1) is 0 Å². The molecule has 0 saturated heterocycles. The molecule has 0 spiro atoms. The van der Waals surface area contributed by atoms with Gasteiger partial charge in [-0.15, -0.1) is 12.4 Å². The number of halogens is 2. The molecule has 0 aliphatic carbocycles. The first-order valence-electron chi connectivity index (χ1n) is 3.68. The number of hydrogen-bond acceptors (Lipinski definition) is 1. The molecule has 0 aliphatic rings. The highest BCUT2D eigenvalue weighted by atomic mass is 35.5. The second-order valence-electron chi connectivity index (χ2n) is 2.60. The maximum Gasteiger partial charge on any atom is 0.105 e. The molecule has 0 unspecified atom stereocenters. The fourth-order valence-corrected chi connectivity index (χ4v) is 0.971. The van der Waals surface area contributed by atoms with Gasteiger partial charge in [0.25, 0.3) is 0 Å². The Morgan fingerprint density at radius 3 is 2.33 bits per heavy atom. The van der Waals surface area contributed by atoms with Gasteiger partial charge in [-0.05, 0) is 12.0 Å². The van der Waals surface area contributed by atoms with E-state index in [1.54, 1.807) is 0 Å². The SMILES string of the molecule is Cl.N[C@H](CF)Cc1ccccc1. The number of rotatable bonds is 3. The van der Waals surface area contributed by atoms with Crippen LogP contribution in [0.15, 0.2) is 30.3 Å². The van der Waals surface area contributed by atoms with Gasteiger partial charge < -0.3 is 5.73 Å². The molecule has 0 amide bonds. The summed E-state index contributed by atoms with van der Waals surface area (Å²) in [5.74, 6) is 0. The second-order valence-corrected chi connectivity index (χ2v) is 2.60. The van der Waals surface area contributed by atoms with E-state index in [4.69, 9.17) is 5.73 Å².